The van der Waals surface area contributed by atoms with Gasteiger partial charge >= 0.3 is 0 Å². The van der Waals surface area contributed by atoms with Gasteiger partial charge in [-0.1, -0.05) is 0 Å². The van der Waals surface area contributed by atoms with Crippen LogP contribution in [0.15, 0.2) is 6.07 Å². The molecule has 0 aromatic carbocycles. The summed E-state index contributed by atoms with van der Waals surface area (Å²) in [4.78, 5) is 35.2. The van der Waals surface area contributed by atoms with E-state index in [0.717, 1.165) is 19.4 Å². The molecule has 0 spiro atoms. The zero-order valence-electron chi connectivity index (χ0n) is 13.6. The van der Waals surface area contributed by atoms with Crippen molar-refractivity contribution in [2.75, 3.05) is 51.8 Å². The van der Waals surface area contributed by atoms with Crippen molar-refractivity contribution in [1.29, 1.82) is 0 Å². The minimum Gasteiger partial charge on any atom is -0.385 e. The van der Waals surface area contributed by atoms with E-state index < -0.39 is 0 Å². The smallest absolute Gasteiger partial charge is 0.272 e. The average Bonchev–Trinajstić information content (AvgIpc) is 2.58. The highest BCUT2D eigenvalue weighted by Gasteiger charge is 2.22. The van der Waals surface area contributed by atoms with Gasteiger partial charge in [-0.3, -0.25) is 9.59 Å². The number of piperazine rings is 1. The molecule has 8 nitrogen and oxygen atoms in total. The Morgan fingerprint density at radius 1 is 1.35 bits per heavy atom. The molecule has 1 N–H and O–H groups in total. The van der Waals surface area contributed by atoms with Crippen LogP contribution in [-0.4, -0.2) is 78.5 Å². The van der Waals surface area contributed by atoms with Crippen LogP contribution in [0.3, 0.4) is 0 Å². The maximum absolute atomic E-state index is 12.6. The number of ether oxygens (including phenoxy) is 1. The van der Waals surface area contributed by atoms with Gasteiger partial charge in [-0.15, -0.1) is 0 Å². The predicted octanol–water partition coefficient (Wildman–Crippen LogP) is 0.148. The van der Waals surface area contributed by atoms with Gasteiger partial charge in [0, 0.05) is 52.5 Å². The van der Waals surface area contributed by atoms with Gasteiger partial charge in [0.25, 0.3) is 5.91 Å². The third-order valence-electron chi connectivity index (χ3n) is 3.64. The molecule has 1 saturated heterocycles. The van der Waals surface area contributed by atoms with E-state index in [0.29, 0.717) is 50.1 Å². The number of aromatic nitrogens is 2. The van der Waals surface area contributed by atoms with Crippen molar-refractivity contribution < 1.29 is 14.3 Å². The molecule has 1 aliphatic rings. The van der Waals surface area contributed by atoms with Crippen LogP contribution in [0.25, 0.3) is 0 Å². The van der Waals surface area contributed by atoms with Crippen LogP contribution in [0.2, 0.25) is 0 Å². The zero-order valence-corrected chi connectivity index (χ0v) is 13.6. The van der Waals surface area contributed by atoms with Crippen molar-refractivity contribution in [2.45, 2.75) is 13.3 Å². The second kappa shape index (κ2) is 8.42. The Balaban J connectivity index is 1.99. The summed E-state index contributed by atoms with van der Waals surface area (Å²) in [6.45, 7) is 5.32. The quantitative estimate of drug-likeness (QED) is 0.568. The molecule has 0 unspecified atom stereocenters. The summed E-state index contributed by atoms with van der Waals surface area (Å²) < 4.78 is 5.00. The van der Waals surface area contributed by atoms with E-state index in [1.807, 2.05) is 0 Å². The maximum Gasteiger partial charge on any atom is 0.272 e. The first-order chi connectivity index (χ1) is 11.1. The van der Waals surface area contributed by atoms with E-state index in [1.54, 1.807) is 29.9 Å². The molecule has 1 aromatic heterocycles. The van der Waals surface area contributed by atoms with E-state index in [-0.39, 0.29) is 5.91 Å². The van der Waals surface area contributed by atoms with E-state index in [9.17, 15) is 9.59 Å². The lowest BCUT2D eigenvalue weighted by Gasteiger charge is -2.32. The fourth-order valence-electron chi connectivity index (χ4n) is 2.39. The number of carbonyl (C=O) groups is 2. The van der Waals surface area contributed by atoms with Crippen LogP contribution in [0, 0.1) is 6.92 Å². The lowest BCUT2D eigenvalue weighted by Crippen LogP contribution is -2.48. The van der Waals surface area contributed by atoms with Crippen LogP contribution in [-0.2, 0) is 9.53 Å². The fourth-order valence-corrected chi connectivity index (χ4v) is 2.39. The summed E-state index contributed by atoms with van der Waals surface area (Å²) in [5.74, 6) is 1.07. The second-order valence-electron chi connectivity index (χ2n) is 5.39. The Kier molecular flexibility index (Phi) is 6.28. The number of anilines is 1. The van der Waals surface area contributed by atoms with Gasteiger partial charge in [-0.25, -0.2) is 9.97 Å². The van der Waals surface area contributed by atoms with Crippen molar-refractivity contribution in [2.24, 2.45) is 0 Å². The number of aryl methyl sites for hydroxylation is 1. The summed E-state index contributed by atoms with van der Waals surface area (Å²) in [5.41, 5.74) is 0.381. The Morgan fingerprint density at radius 3 is 2.74 bits per heavy atom. The molecule has 1 fully saturated rings. The van der Waals surface area contributed by atoms with E-state index in [4.69, 9.17) is 4.74 Å². The highest BCUT2D eigenvalue weighted by atomic mass is 16.5. The van der Waals surface area contributed by atoms with Crippen LogP contribution in [0.5, 0.6) is 0 Å². The van der Waals surface area contributed by atoms with Crippen molar-refractivity contribution in [1.82, 2.24) is 19.8 Å². The highest BCUT2D eigenvalue weighted by Crippen LogP contribution is 2.11. The summed E-state index contributed by atoms with van der Waals surface area (Å²) in [6, 6.07) is 1.67. The largest absolute Gasteiger partial charge is 0.385 e. The highest BCUT2D eigenvalue weighted by molar-refractivity contribution is 5.93. The first-order valence-electron chi connectivity index (χ1n) is 7.71. The number of methoxy groups -OCH3 is 1. The minimum absolute atomic E-state index is 0.124. The first kappa shape index (κ1) is 17.1. The van der Waals surface area contributed by atoms with Crippen LogP contribution >= 0.6 is 0 Å². The second-order valence-corrected chi connectivity index (χ2v) is 5.39. The van der Waals surface area contributed by atoms with Crippen LogP contribution in [0.1, 0.15) is 22.7 Å². The lowest BCUT2D eigenvalue weighted by atomic mass is 10.2. The van der Waals surface area contributed by atoms with Crippen molar-refractivity contribution in [3.63, 3.8) is 0 Å². The molecule has 8 heteroatoms. The number of amides is 2. The van der Waals surface area contributed by atoms with Gasteiger partial charge < -0.3 is 19.9 Å². The van der Waals surface area contributed by atoms with E-state index in [2.05, 4.69) is 15.3 Å². The van der Waals surface area contributed by atoms with Crippen molar-refractivity contribution >= 4 is 18.1 Å². The lowest BCUT2D eigenvalue weighted by molar-refractivity contribution is -0.119. The molecule has 0 bridgehead atoms. The Morgan fingerprint density at radius 2 is 2.09 bits per heavy atom. The summed E-state index contributed by atoms with van der Waals surface area (Å²) in [5, 5.41) is 3.18. The summed E-state index contributed by atoms with van der Waals surface area (Å²) in [6.07, 6.45) is 1.68. The summed E-state index contributed by atoms with van der Waals surface area (Å²) >= 11 is 0. The Bertz CT molecular complexity index is 544. The fraction of sp³-hybridized carbons (Fsp3) is 0.600. The third-order valence-corrected chi connectivity index (χ3v) is 3.64. The third kappa shape index (κ3) is 4.88. The first-order valence-corrected chi connectivity index (χ1v) is 7.71. The average molecular weight is 321 g/mol. The topological polar surface area (TPSA) is 87.7 Å². The molecule has 0 atom stereocenters. The predicted molar refractivity (Wildman–Crippen MR) is 85.3 cm³/mol. The van der Waals surface area contributed by atoms with Crippen LogP contribution < -0.4 is 5.32 Å². The Labute approximate surface area is 135 Å². The number of rotatable bonds is 7. The number of carbonyl (C=O) groups excluding carboxylic acids is 2. The molecule has 1 aliphatic heterocycles. The molecule has 0 aliphatic carbocycles. The zero-order chi connectivity index (χ0) is 16.7. The molecular weight excluding hydrogens is 298 g/mol. The molecule has 0 saturated carbocycles. The SMILES string of the molecule is COCCCNc1cc(C(=O)N2CCN(C=O)CC2)nc(C)n1. The number of nitrogens with zero attached hydrogens (tertiary/aromatic N) is 4. The Hall–Kier alpha value is -2.22. The van der Waals surface area contributed by atoms with Gasteiger partial charge in [0.15, 0.2) is 0 Å². The maximum atomic E-state index is 12.6. The summed E-state index contributed by atoms with van der Waals surface area (Å²) in [7, 11) is 1.66. The minimum atomic E-state index is -0.124. The van der Waals surface area contributed by atoms with E-state index >= 15 is 0 Å². The number of hydrogen-bond acceptors (Lipinski definition) is 6. The monoisotopic (exact) mass is 321 g/mol. The number of nitrogens with one attached hydrogen (secondary N) is 1. The van der Waals surface area contributed by atoms with Crippen molar-refractivity contribution in [3.05, 3.63) is 17.6 Å². The van der Waals surface area contributed by atoms with Gasteiger partial charge in [0.05, 0.1) is 0 Å². The van der Waals surface area contributed by atoms with Gasteiger partial charge in [-0.2, -0.15) is 0 Å². The van der Waals surface area contributed by atoms with Gasteiger partial charge in [0.1, 0.15) is 17.3 Å². The standard InChI is InChI=1S/C15H23N5O3/c1-12-17-13(10-14(18-12)16-4-3-9-23-2)15(22)20-7-5-19(11-21)6-8-20/h10-11H,3-9H2,1-2H3,(H,16,17,18). The molecular formula is C15H23N5O3. The molecule has 1 aromatic rings. The molecule has 23 heavy (non-hydrogen) atoms. The molecule has 2 heterocycles. The van der Waals surface area contributed by atoms with E-state index in [1.165, 1.54) is 0 Å². The molecule has 2 amide bonds. The normalized spacial score (nSPS) is 14.7. The molecule has 0 radical (unpaired) electrons. The van der Waals surface area contributed by atoms with Crippen molar-refractivity contribution in [3.8, 4) is 0 Å². The van der Waals surface area contributed by atoms with Gasteiger partial charge in [-0.05, 0) is 13.3 Å². The number of hydrogen-bond donors (Lipinski definition) is 1. The van der Waals surface area contributed by atoms with Gasteiger partial charge in [0.2, 0.25) is 6.41 Å². The van der Waals surface area contributed by atoms with Crippen LogP contribution in [0.4, 0.5) is 5.82 Å². The molecule has 2 rings (SSSR count). The molecule has 126 valence electrons.